The van der Waals surface area contributed by atoms with E-state index in [0.29, 0.717) is 0 Å². The number of nitrogens with two attached hydrogens (primary N) is 1. The molecule has 3 N–H and O–H groups in total. The van der Waals surface area contributed by atoms with Crippen molar-refractivity contribution in [1.82, 2.24) is 0 Å². The summed E-state index contributed by atoms with van der Waals surface area (Å²) in [7, 11) is 0. The Kier molecular flexibility index (Phi) is 4.40. The maximum Gasteiger partial charge on any atom is 0.446 e. The molecule has 1 aromatic rings. The van der Waals surface area contributed by atoms with Crippen LogP contribution in [0.5, 0.6) is 5.75 Å². The number of hydrogen-bond donors (Lipinski definition) is 2. The monoisotopic (exact) mass is 274 g/mol. The van der Waals surface area contributed by atoms with Gasteiger partial charge in [0.1, 0.15) is 5.75 Å². The summed E-state index contributed by atoms with van der Waals surface area (Å²) in [6.07, 6.45) is 0. The van der Waals surface area contributed by atoms with Gasteiger partial charge in [0.2, 0.25) is 0 Å². The molecule has 3 nitrogen and oxygen atoms in total. The molecule has 0 radical (unpaired) electrons. The minimum Gasteiger partial charge on any atom is -0.434 e. The Hall–Kier alpha value is -1.22. The molecule has 0 aliphatic carbocycles. The Bertz CT molecular complexity index is 385. The number of hydrazine groups is 1. The van der Waals surface area contributed by atoms with Gasteiger partial charge < -0.3 is 10.2 Å². The molecule has 17 heavy (non-hydrogen) atoms. The van der Waals surface area contributed by atoms with Crippen LogP contribution in [0.1, 0.15) is 0 Å². The summed E-state index contributed by atoms with van der Waals surface area (Å²) in [4.78, 5) is -0.539. The molecule has 0 aromatic heterocycles. The van der Waals surface area contributed by atoms with Gasteiger partial charge in [-0.05, 0) is 23.9 Å². The van der Waals surface area contributed by atoms with Crippen molar-refractivity contribution in [3.63, 3.8) is 0 Å². The largest absolute Gasteiger partial charge is 0.446 e. The van der Waals surface area contributed by atoms with E-state index < -0.39 is 34.5 Å². The lowest BCUT2D eigenvalue weighted by atomic mass is 10.3. The van der Waals surface area contributed by atoms with Crippen molar-refractivity contribution in [3.05, 3.63) is 18.2 Å². The van der Waals surface area contributed by atoms with Crippen LogP contribution in [0.3, 0.4) is 0 Å². The molecule has 0 saturated carbocycles. The van der Waals surface area contributed by atoms with Crippen LogP contribution < -0.4 is 16.0 Å². The van der Waals surface area contributed by atoms with E-state index in [9.17, 15) is 22.0 Å². The molecule has 96 valence electrons. The van der Waals surface area contributed by atoms with Crippen molar-refractivity contribution in [1.29, 1.82) is 0 Å². The Morgan fingerprint density at radius 2 is 1.94 bits per heavy atom. The van der Waals surface area contributed by atoms with Gasteiger partial charge in [0.25, 0.3) is 0 Å². The minimum atomic E-state index is -4.63. The summed E-state index contributed by atoms with van der Waals surface area (Å²) in [5.74, 6) is 4.41. The average Bonchev–Trinajstić information content (AvgIpc) is 2.17. The topological polar surface area (TPSA) is 47.3 Å². The maximum absolute atomic E-state index is 12.2. The van der Waals surface area contributed by atoms with Gasteiger partial charge in [0.15, 0.2) is 0 Å². The first-order valence-corrected chi connectivity index (χ1v) is 4.95. The van der Waals surface area contributed by atoms with Crippen LogP contribution in [0.25, 0.3) is 0 Å². The first-order valence-electron chi connectivity index (χ1n) is 4.13. The smallest absolute Gasteiger partial charge is 0.434 e. The van der Waals surface area contributed by atoms with Crippen LogP contribution in [0.15, 0.2) is 23.1 Å². The highest BCUT2D eigenvalue weighted by atomic mass is 32.2. The van der Waals surface area contributed by atoms with Gasteiger partial charge in [-0.25, -0.2) is 0 Å². The van der Waals surface area contributed by atoms with E-state index in [-0.39, 0.29) is 5.69 Å². The highest BCUT2D eigenvalue weighted by molar-refractivity contribution is 8.00. The lowest BCUT2D eigenvalue weighted by Gasteiger charge is -2.15. The fourth-order valence-electron chi connectivity index (χ4n) is 1.04. The second-order valence-corrected chi connectivity index (χ2v) is 3.78. The van der Waals surface area contributed by atoms with Gasteiger partial charge in [-0.1, -0.05) is 6.07 Å². The number of hydrogen-bond acceptors (Lipinski definition) is 4. The van der Waals surface area contributed by atoms with Crippen LogP contribution >= 0.6 is 11.8 Å². The van der Waals surface area contributed by atoms with Crippen LogP contribution in [0.4, 0.5) is 27.6 Å². The number of ether oxygens (including phenoxy) is 1. The van der Waals surface area contributed by atoms with Crippen LogP contribution in [-0.4, -0.2) is 12.1 Å². The van der Waals surface area contributed by atoms with Gasteiger partial charge in [0.05, 0.1) is 10.6 Å². The van der Waals surface area contributed by atoms with Gasteiger partial charge in [0, 0.05) is 0 Å². The van der Waals surface area contributed by atoms with Crippen molar-refractivity contribution >= 4 is 17.4 Å². The summed E-state index contributed by atoms with van der Waals surface area (Å²) < 4.78 is 64.7. The number of anilines is 1. The lowest BCUT2D eigenvalue weighted by molar-refractivity contribution is -0.0526. The number of benzene rings is 1. The lowest BCUT2D eigenvalue weighted by Crippen LogP contribution is -2.11. The predicted octanol–water partition coefficient (Wildman–Crippen LogP) is 3.19. The number of halogens is 5. The summed E-state index contributed by atoms with van der Waals surface area (Å²) in [6, 6.07) is 3.46. The van der Waals surface area contributed by atoms with E-state index >= 15 is 0 Å². The van der Waals surface area contributed by atoms with E-state index in [1.807, 2.05) is 5.43 Å². The molecule has 0 bridgehead atoms. The van der Waals surface area contributed by atoms with E-state index in [1.165, 1.54) is 12.1 Å². The number of rotatable bonds is 4. The standard InChI is InChI=1S/C8H7F5N2OS/c9-7(10)16-5-3-1-2-4(15-14)6(5)17-8(11,12)13/h1-3,7,15H,14H2. The average molecular weight is 274 g/mol. The summed E-state index contributed by atoms with van der Waals surface area (Å²) >= 11 is -0.580. The predicted molar refractivity (Wildman–Crippen MR) is 52.8 cm³/mol. The third-order valence-corrected chi connectivity index (χ3v) is 2.42. The summed E-state index contributed by atoms with van der Waals surface area (Å²) in [6.45, 7) is -3.21. The Labute approximate surface area is 97.1 Å². The molecule has 0 heterocycles. The maximum atomic E-state index is 12.2. The van der Waals surface area contributed by atoms with Crippen LogP contribution in [0, 0.1) is 0 Å². The molecule has 0 saturated heterocycles. The Balaban J connectivity index is 3.11. The Morgan fingerprint density at radius 3 is 2.41 bits per heavy atom. The minimum absolute atomic E-state index is 0.148. The van der Waals surface area contributed by atoms with Gasteiger partial charge in [-0.2, -0.15) is 22.0 Å². The van der Waals surface area contributed by atoms with Gasteiger partial charge >= 0.3 is 12.1 Å². The molecular formula is C8H7F5N2OS. The third kappa shape index (κ3) is 4.27. The number of thioether (sulfide) groups is 1. The summed E-state index contributed by atoms with van der Waals surface area (Å²) in [5, 5.41) is 0. The highest BCUT2D eigenvalue weighted by Crippen LogP contribution is 2.45. The van der Waals surface area contributed by atoms with Crippen LogP contribution in [-0.2, 0) is 0 Å². The zero-order chi connectivity index (χ0) is 13.1. The highest BCUT2D eigenvalue weighted by Gasteiger charge is 2.32. The van der Waals surface area contributed by atoms with E-state index in [4.69, 9.17) is 5.84 Å². The second kappa shape index (κ2) is 5.41. The molecule has 0 spiro atoms. The first-order chi connectivity index (χ1) is 7.83. The van der Waals surface area contributed by atoms with Crippen molar-refractivity contribution in [3.8, 4) is 5.75 Å². The normalized spacial score (nSPS) is 11.7. The van der Waals surface area contributed by atoms with E-state index in [2.05, 4.69) is 4.74 Å². The molecule has 0 fully saturated rings. The zero-order valence-electron chi connectivity index (χ0n) is 8.09. The molecule has 0 amide bonds. The number of nitrogen functional groups attached to an aromatic ring is 1. The molecule has 0 atom stereocenters. The SMILES string of the molecule is NNc1cccc(OC(F)F)c1SC(F)(F)F. The molecule has 1 aromatic carbocycles. The summed E-state index contributed by atoms with van der Waals surface area (Å²) in [5.41, 5.74) is -2.79. The number of nitrogens with one attached hydrogen (secondary N) is 1. The molecule has 0 unspecified atom stereocenters. The molecule has 9 heteroatoms. The van der Waals surface area contributed by atoms with Crippen molar-refractivity contribution in [2.45, 2.75) is 17.0 Å². The van der Waals surface area contributed by atoms with E-state index in [1.54, 1.807) is 0 Å². The first kappa shape index (κ1) is 13.8. The van der Waals surface area contributed by atoms with E-state index in [0.717, 1.165) is 6.07 Å². The Morgan fingerprint density at radius 1 is 1.29 bits per heavy atom. The fourth-order valence-corrected chi connectivity index (χ4v) is 1.72. The third-order valence-electron chi connectivity index (χ3n) is 1.57. The van der Waals surface area contributed by atoms with Crippen molar-refractivity contribution in [2.24, 2.45) is 5.84 Å². The van der Waals surface area contributed by atoms with Crippen molar-refractivity contribution < 1.29 is 26.7 Å². The quantitative estimate of drug-likeness (QED) is 0.383. The molecule has 0 aliphatic rings. The zero-order valence-corrected chi connectivity index (χ0v) is 8.91. The second-order valence-electron chi connectivity index (χ2n) is 2.70. The van der Waals surface area contributed by atoms with Gasteiger partial charge in [-0.15, -0.1) is 0 Å². The number of alkyl halides is 5. The fraction of sp³-hybridized carbons (Fsp3) is 0.250. The van der Waals surface area contributed by atoms with Gasteiger partial charge in [-0.3, -0.25) is 5.84 Å². The van der Waals surface area contributed by atoms with Crippen molar-refractivity contribution in [2.75, 3.05) is 5.43 Å². The molecule has 0 aliphatic heterocycles. The molecule has 1 rings (SSSR count). The van der Waals surface area contributed by atoms with Crippen LogP contribution in [0.2, 0.25) is 0 Å². The molecular weight excluding hydrogens is 267 g/mol.